The largest absolute Gasteiger partial charge is 0.310 e. The molecule has 258 valence electrons. The summed E-state index contributed by atoms with van der Waals surface area (Å²) in [5.41, 5.74) is 11.7. The van der Waals surface area contributed by atoms with Crippen LogP contribution in [0.1, 0.15) is 0 Å². The fourth-order valence-corrected chi connectivity index (χ4v) is 9.46. The quantitative estimate of drug-likeness (QED) is 0.166. The molecule has 0 atom stereocenters. The molecular formula is C52H34N2S. The summed E-state index contributed by atoms with van der Waals surface area (Å²) in [5, 5.41) is 7.52. The van der Waals surface area contributed by atoms with Crippen LogP contribution in [0.3, 0.4) is 0 Å². The van der Waals surface area contributed by atoms with Gasteiger partial charge in [-0.25, -0.2) is 0 Å². The van der Waals surface area contributed by atoms with Gasteiger partial charge in [0.1, 0.15) is 0 Å². The first-order valence-corrected chi connectivity index (χ1v) is 19.6. The molecule has 9 aromatic carbocycles. The molecule has 0 saturated heterocycles. The summed E-state index contributed by atoms with van der Waals surface area (Å²) in [6.45, 7) is 0. The minimum Gasteiger partial charge on any atom is -0.310 e. The molecule has 0 unspecified atom stereocenters. The van der Waals surface area contributed by atoms with Crippen molar-refractivity contribution in [2.45, 2.75) is 0 Å². The highest BCUT2D eigenvalue weighted by Gasteiger charge is 2.20. The molecule has 0 amide bonds. The van der Waals surface area contributed by atoms with Gasteiger partial charge in [-0.15, -0.1) is 11.3 Å². The van der Waals surface area contributed by atoms with Crippen molar-refractivity contribution in [3.8, 4) is 27.9 Å². The van der Waals surface area contributed by atoms with E-state index in [9.17, 15) is 0 Å². The van der Waals surface area contributed by atoms with Gasteiger partial charge in [0, 0.05) is 53.4 Å². The predicted molar refractivity (Wildman–Crippen MR) is 237 cm³/mol. The molecule has 11 aromatic rings. The first-order chi connectivity index (χ1) is 27.3. The van der Waals surface area contributed by atoms with Gasteiger partial charge >= 0.3 is 0 Å². The Bertz CT molecular complexity index is 3200. The molecule has 0 spiro atoms. The van der Waals surface area contributed by atoms with Gasteiger partial charge in [0.2, 0.25) is 0 Å². The molecule has 0 bridgehead atoms. The summed E-state index contributed by atoms with van der Waals surface area (Å²) < 4.78 is 5.08. The number of thiophene rings is 1. The molecule has 2 nitrogen and oxygen atoms in total. The van der Waals surface area contributed by atoms with Crippen molar-refractivity contribution in [2.75, 3.05) is 4.90 Å². The highest BCUT2D eigenvalue weighted by molar-refractivity contribution is 7.25. The summed E-state index contributed by atoms with van der Waals surface area (Å²) in [7, 11) is 0. The van der Waals surface area contributed by atoms with Crippen LogP contribution in [0.25, 0.3) is 80.7 Å². The van der Waals surface area contributed by atoms with E-state index in [2.05, 4.69) is 216 Å². The molecule has 2 aromatic heterocycles. The lowest BCUT2D eigenvalue weighted by atomic mass is 10.0. The Hall–Kier alpha value is -6.94. The van der Waals surface area contributed by atoms with Gasteiger partial charge in [-0.1, -0.05) is 133 Å². The molecule has 2 heterocycles. The van der Waals surface area contributed by atoms with Crippen LogP contribution >= 0.6 is 11.3 Å². The Kier molecular flexibility index (Phi) is 7.39. The van der Waals surface area contributed by atoms with E-state index in [1.165, 1.54) is 75.0 Å². The molecule has 0 aliphatic heterocycles. The number of hydrogen-bond donors (Lipinski definition) is 0. The van der Waals surface area contributed by atoms with E-state index < -0.39 is 0 Å². The van der Waals surface area contributed by atoms with Crippen molar-refractivity contribution in [3.05, 3.63) is 206 Å². The van der Waals surface area contributed by atoms with Crippen molar-refractivity contribution in [3.63, 3.8) is 0 Å². The van der Waals surface area contributed by atoms with E-state index in [0.29, 0.717) is 0 Å². The van der Waals surface area contributed by atoms with Crippen LogP contribution in [0.4, 0.5) is 17.1 Å². The number of nitrogens with zero attached hydrogens (tertiary/aromatic N) is 2. The summed E-state index contributed by atoms with van der Waals surface area (Å²) in [5.74, 6) is 0. The lowest BCUT2D eigenvalue weighted by Crippen LogP contribution is -2.10. The zero-order valence-corrected chi connectivity index (χ0v) is 30.7. The second-order valence-electron chi connectivity index (χ2n) is 14.2. The monoisotopic (exact) mass is 718 g/mol. The van der Waals surface area contributed by atoms with Gasteiger partial charge in [0.05, 0.1) is 16.7 Å². The van der Waals surface area contributed by atoms with Gasteiger partial charge in [-0.3, -0.25) is 0 Å². The number of rotatable bonds is 6. The van der Waals surface area contributed by atoms with Crippen LogP contribution in [-0.4, -0.2) is 4.57 Å². The zero-order valence-electron chi connectivity index (χ0n) is 29.9. The van der Waals surface area contributed by atoms with Gasteiger partial charge in [0.15, 0.2) is 0 Å². The first-order valence-electron chi connectivity index (χ1n) is 18.8. The third-order valence-corrected chi connectivity index (χ3v) is 12.1. The Morgan fingerprint density at radius 3 is 1.85 bits per heavy atom. The number of fused-ring (bicyclic) bond motifs is 7. The van der Waals surface area contributed by atoms with Crippen molar-refractivity contribution in [1.82, 2.24) is 4.57 Å². The van der Waals surface area contributed by atoms with Crippen molar-refractivity contribution in [2.24, 2.45) is 0 Å². The Balaban J connectivity index is 1.14. The minimum atomic E-state index is 1.10. The molecule has 0 radical (unpaired) electrons. The van der Waals surface area contributed by atoms with Gasteiger partial charge < -0.3 is 9.47 Å². The molecule has 0 fully saturated rings. The molecular weight excluding hydrogens is 685 g/mol. The average Bonchev–Trinajstić information content (AvgIpc) is 3.79. The fraction of sp³-hybridized carbons (Fsp3) is 0. The topological polar surface area (TPSA) is 8.17 Å². The van der Waals surface area contributed by atoms with Crippen molar-refractivity contribution < 1.29 is 0 Å². The molecule has 0 aliphatic rings. The van der Waals surface area contributed by atoms with Crippen LogP contribution in [0.5, 0.6) is 0 Å². The standard InChI is InChI=1S/C52H34N2S/c1-3-13-35(14-4-1)37-17-11-20-41(31-37)53(48-23-12-16-36-15-7-8-21-43(36)48)42-27-28-44-46-32-38(25-29-49(46)54(50(44)34-42)40-18-5-2-6-19-40)39-26-30-52-47(33-39)45-22-9-10-24-51(45)55-52/h1-34H. The van der Waals surface area contributed by atoms with Crippen LogP contribution < -0.4 is 4.90 Å². The van der Waals surface area contributed by atoms with E-state index in [-0.39, 0.29) is 0 Å². The maximum atomic E-state index is 2.43. The van der Waals surface area contributed by atoms with Crippen LogP contribution in [-0.2, 0) is 0 Å². The maximum Gasteiger partial charge on any atom is 0.0561 e. The second-order valence-corrected chi connectivity index (χ2v) is 15.2. The fourth-order valence-electron chi connectivity index (χ4n) is 8.37. The number of para-hydroxylation sites is 1. The van der Waals surface area contributed by atoms with Crippen LogP contribution in [0, 0.1) is 0 Å². The molecule has 3 heteroatoms. The Morgan fingerprint density at radius 2 is 0.982 bits per heavy atom. The summed E-state index contributed by atoms with van der Waals surface area (Å²) in [4.78, 5) is 2.42. The first kappa shape index (κ1) is 31.6. The minimum absolute atomic E-state index is 1.10. The van der Waals surface area contributed by atoms with Gasteiger partial charge in [0.25, 0.3) is 0 Å². The van der Waals surface area contributed by atoms with Crippen molar-refractivity contribution >= 4 is 81.1 Å². The number of hydrogen-bond acceptors (Lipinski definition) is 2. The number of aromatic nitrogens is 1. The molecule has 0 N–H and O–H groups in total. The molecule has 0 saturated carbocycles. The van der Waals surface area contributed by atoms with Crippen molar-refractivity contribution in [1.29, 1.82) is 0 Å². The van der Waals surface area contributed by atoms with E-state index in [0.717, 1.165) is 22.7 Å². The van der Waals surface area contributed by atoms with E-state index in [1.54, 1.807) is 0 Å². The normalized spacial score (nSPS) is 11.6. The molecule has 55 heavy (non-hydrogen) atoms. The maximum absolute atomic E-state index is 2.43. The summed E-state index contributed by atoms with van der Waals surface area (Å²) in [6.07, 6.45) is 0. The Morgan fingerprint density at radius 1 is 0.345 bits per heavy atom. The lowest BCUT2D eigenvalue weighted by molar-refractivity contribution is 1.18. The molecule has 11 rings (SSSR count). The zero-order chi connectivity index (χ0) is 36.3. The van der Waals surface area contributed by atoms with E-state index >= 15 is 0 Å². The van der Waals surface area contributed by atoms with Crippen LogP contribution in [0.2, 0.25) is 0 Å². The Labute approximate surface area is 323 Å². The second kappa shape index (κ2) is 12.9. The lowest BCUT2D eigenvalue weighted by Gasteiger charge is -2.27. The third kappa shape index (κ3) is 5.32. The highest BCUT2D eigenvalue weighted by atomic mass is 32.1. The van der Waals surface area contributed by atoms with Gasteiger partial charge in [-0.2, -0.15) is 0 Å². The summed E-state index contributed by atoms with van der Waals surface area (Å²) in [6, 6.07) is 75.3. The SMILES string of the molecule is c1ccc(-c2cccc(N(c3ccc4c5cc(-c6ccc7sc8ccccc8c7c6)ccc5n(-c5ccccc5)c4c3)c3cccc4ccccc34)c2)cc1. The average molecular weight is 719 g/mol. The van der Waals surface area contributed by atoms with Gasteiger partial charge in [-0.05, 0) is 100 Å². The van der Waals surface area contributed by atoms with Crippen LogP contribution in [0.15, 0.2) is 206 Å². The number of benzene rings is 9. The van der Waals surface area contributed by atoms with E-state index in [1.807, 2.05) is 11.3 Å². The predicted octanol–water partition coefficient (Wildman–Crippen LogP) is 15.1. The smallest absolute Gasteiger partial charge is 0.0561 e. The summed E-state index contributed by atoms with van der Waals surface area (Å²) >= 11 is 1.86. The third-order valence-electron chi connectivity index (χ3n) is 11.0. The molecule has 0 aliphatic carbocycles. The van der Waals surface area contributed by atoms with E-state index in [4.69, 9.17) is 0 Å². The highest BCUT2D eigenvalue weighted by Crippen LogP contribution is 2.44. The number of anilines is 3.